The van der Waals surface area contributed by atoms with Gasteiger partial charge in [-0.3, -0.25) is 10.2 Å². The van der Waals surface area contributed by atoms with Crippen LogP contribution in [-0.4, -0.2) is 48.6 Å². The molecule has 0 bridgehead atoms. The van der Waals surface area contributed by atoms with Crippen molar-refractivity contribution < 1.29 is 0 Å². The first-order chi connectivity index (χ1) is 28.6. The third-order valence-corrected chi connectivity index (χ3v) is 39.8. The van der Waals surface area contributed by atoms with Gasteiger partial charge in [-0.15, -0.1) is 24.5 Å². The molecule has 4 aliphatic heterocycles. The van der Waals surface area contributed by atoms with Crippen LogP contribution in [0.4, 0.5) is 0 Å². The first kappa shape index (κ1) is 50.1. The van der Waals surface area contributed by atoms with Gasteiger partial charge in [0.2, 0.25) is 15.0 Å². The smallest absolute Gasteiger partial charge is 0.253 e. The molecule has 326 valence electrons. The van der Waals surface area contributed by atoms with E-state index in [0.29, 0.717) is 0 Å². The summed E-state index contributed by atoms with van der Waals surface area (Å²) in [5.74, 6) is -5.95. The van der Waals surface area contributed by atoms with E-state index in [0.717, 1.165) is 74.7 Å². The van der Waals surface area contributed by atoms with Crippen molar-refractivity contribution in [1.29, 1.82) is 0 Å². The molecule has 0 aromatic heterocycles. The Morgan fingerprint density at radius 3 is 1.17 bits per heavy atom. The van der Waals surface area contributed by atoms with Crippen LogP contribution in [0, 0.1) is 13.8 Å². The highest BCUT2D eigenvalue weighted by Crippen LogP contribution is 2.89. The molecule has 2 spiro atoms. The number of thiol groups is 2. The third-order valence-electron chi connectivity index (χ3n) is 8.92. The van der Waals surface area contributed by atoms with Crippen LogP contribution in [0.25, 0.3) is 0 Å². The third kappa shape index (κ3) is 15.1. The van der Waals surface area contributed by atoms with Gasteiger partial charge in [0.05, 0.1) is 0 Å². The van der Waals surface area contributed by atoms with E-state index in [4.69, 9.17) is 96.6 Å². The highest BCUT2D eigenvalue weighted by molar-refractivity contribution is 8.87. The molecule has 4 aromatic rings. The average molecular weight is 1080 g/mol. The van der Waals surface area contributed by atoms with Crippen LogP contribution in [0.15, 0.2) is 158 Å². The molecule has 0 saturated carbocycles. The van der Waals surface area contributed by atoms with E-state index in [-0.39, 0.29) is 0 Å². The number of hydrogen-bond acceptors (Lipinski definition) is 12. The van der Waals surface area contributed by atoms with E-state index in [2.05, 4.69) is 57.6 Å². The number of aryl methyl sites for hydroxylation is 2. The van der Waals surface area contributed by atoms with Crippen LogP contribution in [0.5, 0.6) is 0 Å². The molecule has 4 atom stereocenters. The number of hydrogen-bond donors (Lipinski definition) is 4. The van der Waals surface area contributed by atoms with Gasteiger partial charge in [0.1, 0.15) is 0 Å². The van der Waals surface area contributed by atoms with Gasteiger partial charge in [-0.05, 0) is 132 Å². The van der Waals surface area contributed by atoms with E-state index in [9.17, 15) is 0 Å². The molecule has 10 nitrogen and oxygen atoms in total. The minimum atomic E-state index is -2.98. The van der Waals surface area contributed by atoms with Gasteiger partial charge in [-0.2, -0.15) is 27.1 Å². The highest BCUT2D eigenvalue weighted by atomic mass is 35.9. The van der Waals surface area contributed by atoms with E-state index < -0.39 is 38.1 Å². The monoisotopic (exact) mass is 1080 g/mol. The molecule has 2 N–H and O–H groups in total. The van der Waals surface area contributed by atoms with Crippen LogP contribution in [-0.2, 0) is 0 Å². The van der Waals surface area contributed by atoms with E-state index >= 15 is 0 Å². The second-order valence-electron chi connectivity index (χ2n) is 13.9. The molecule has 8 rings (SSSR count). The molecular weight excluding hydrogens is 1030 g/mol. The van der Waals surface area contributed by atoms with Crippen molar-refractivity contribution in [2.45, 2.75) is 49.3 Å². The lowest BCUT2D eigenvalue weighted by Gasteiger charge is -2.42. The maximum atomic E-state index is 6.80. The zero-order chi connectivity index (χ0) is 42.7. The Balaban J connectivity index is 0.000000363. The van der Waals surface area contributed by atoms with Crippen LogP contribution in [0.3, 0.4) is 0 Å². The Bertz CT molecular complexity index is 2230. The van der Waals surface area contributed by atoms with Crippen molar-refractivity contribution in [3.05, 3.63) is 132 Å². The lowest BCUT2D eigenvalue weighted by molar-refractivity contribution is 0.365. The molecule has 2 saturated heterocycles. The predicted octanol–water partition coefficient (Wildman–Crippen LogP) is 18.5. The zero-order valence-electron chi connectivity index (χ0n) is 33.1. The Kier molecular flexibility index (Phi) is 19.1. The molecule has 2 fully saturated rings. The molecule has 4 unspecified atom stereocenters. The first-order valence-electron chi connectivity index (χ1n) is 19.2. The fourth-order valence-corrected chi connectivity index (χ4v) is 47.2. The maximum Gasteiger partial charge on any atom is 0.257 e. The standard InChI is InChI=1S/C22H34Cl4N10P6S4.2C7H8/c23-37(24)29-39(33-41(43,31-37)45-21-11-3-1-4-12-21)27-15-9-19-35(39)17-7-8-18-36-20-10-16-28-40(36)30-38(25,26)32-42(44,34-40)46-22-13-5-2-6-14-22;2*1-7-5-3-2-4-6-7/h1-6,11-14,27-28,43-44H,7-10,15-20H2;2*2-6H,1H3. The summed E-state index contributed by atoms with van der Waals surface area (Å²) in [7, 11) is -5.16. The van der Waals surface area contributed by atoms with Crippen molar-refractivity contribution in [2.24, 2.45) is 27.1 Å². The number of rotatable bonds is 9. The Morgan fingerprint density at radius 2 is 0.850 bits per heavy atom. The number of benzene rings is 4. The lowest BCUT2D eigenvalue weighted by Crippen LogP contribution is -2.37. The summed E-state index contributed by atoms with van der Waals surface area (Å²) in [5.41, 5.74) is -2.53. The summed E-state index contributed by atoms with van der Waals surface area (Å²) in [6.07, 6.45) is 3.79. The zero-order valence-corrected chi connectivity index (χ0v) is 44.9. The maximum absolute atomic E-state index is 6.80. The van der Waals surface area contributed by atoms with Crippen LogP contribution >= 0.6 is 130 Å². The van der Waals surface area contributed by atoms with Gasteiger partial charge in [0.25, 0.3) is 11.8 Å². The largest absolute Gasteiger partial charge is 0.257 e. The number of nitrogens with zero attached hydrogens (tertiary/aromatic N) is 8. The topological polar surface area (TPSA) is 105 Å². The van der Waals surface area contributed by atoms with Crippen molar-refractivity contribution in [3.8, 4) is 0 Å². The van der Waals surface area contributed by atoms with Crippen molar-refractivity contribution >= 4 is 130 Å². The van der Waals surface area contributed by atoms with Crippen LogP contribution < -0.4 is 10.2 Å². The molecule has 0 aliphatic carbocycles. The Labute approximate surface area is 394 Å². The summed E-state index contributed by atoms with van der Waals surface area (Å²) in [4.78, 5) is 2.06. The number of unbranched alkanes of at least 4 members (excludes halogenated alkanes) is 1. The minimum Gasteiger partial charge on any atom is -0.253 e. The van der Waals surface area contributed by atoms with Gasteiger partial charge in [0.15, 0.2) is 11.2 Å². The minimum absolute atomic E-state index is 0.789. The summed E-state index contributed by atoms with van der Waals surface area (Å²) >= 11 is 40.3. The second kappa shape index (κ2) is 22.9. The van der Waals surface area contributed by atoms with Crippen LogP contribution in [0.2, 0.25) is 0 Å². The molecular formula is C36H50Cl4N10P6S4. The Morgan fingerprint density at radius 1 is 0.517 bits per heavy atom. The van der Waals surface area contributed by atoms with Gasteiger partial charge in [0, 0.05) is 49.1 Å². The molecule has 4 heterocycles. The quantitative estimate of drug-likeness (QED) is 0.0756. The number of nitrogens with one attached hydrogen (secondary N) is 2. The molecule has 24 heteroatoms. The molecule has 4 aromatic carbocycles. The average Bonchev–Trinajstić information content (AvgIpc) is 3.18. The molecule has 60 heavy (non-hydrogen) atoms. The van der Waals surface area contributed by atoms with E-state index in [1.165, 1.54) is 33.9 Å². The van der Waals surface area contributed by atoms with E-state index in [1.807, 2.05) is 97.1 Å². The highest BCUT2D eigenvalue weighted by Gasteiger charge is 2.41. The van der Waals surface area contributed by atoms with Gasteiger partial charge >= 0.3 is 0 Å². The van der Waals surface area contributed by atoms with Crippen molar-refractivity contribution in [3.63, 3.8) is 0 Å². The van der Waals surface area contributed by atoms with Gasteiger partial charge < -0.3 is 0 Å². The molecule has 0 amide bonds. The molecule has 0 radical (unpaired) electrons. The number of halogens is 4. The molecule has 4 aliphatic rings. The summed E-state index contributed by atoms with van der Waals surface area (Å²) in [6, 6.07) is 40.6. The predicted molar refractivity (Wildman–Crippen MR) is 282 cm³/mol. The fraction of sp³-hybridized carbons (Fsp3) is 0.333. The van der Waals surface area contributed by atoms with Gasteiger partial charge in [-0.1, -0.05) is 108 Å². The first-order valence-corrected chi connectivity index (χ1v) is 38.1. The van der Waals surface area contributed by atoms with Crippen molar-refractivity contribution in [2.75, 3.05) is 39.3 Å². The lowest BCUT2D eigenvalue weighted by atomic mass is 10.2. The Hall–Kier alpha value is 0.660. The summed E-state index contributed by atoms with van der Waals surface area (Å²) in [6.45, 7) is 9.05. The fourth-order valence-electron chi connectivity index (χ4n) is 6.30. The van der Waals surface area contributed by atoms with Gasteiger partial charge in [-0.25, -0.2) is 9.34 Å². The summed E-state index contributed by atoms with van der Waals surface area (Å²) < 4.78 is 34.6. The normalized spacial score (nSPS) is 28.1. The summed E-state index contributed by atoms with van der Waals surface area (Å²) in [5, 5.41) is 7.27. The second-order valence-corrected chi connectivity index (χ2v) is 43.2. The van der Waals surface area contributed by atoms with Crippen LogP contribution in [0.1, 0.15) is 36.8 Å². The SMILES string of the molecule is Cc1ccccc1.Cc1ccccc1.SP1(Sc2ccccc2)=NP2(=NP(Cl)(Cl)=N1)NCCCN2CCCCN1CCCNP12=NP(Cl)(Cl)=NP(S)(Sc1ccccc1)=N2. The van der Waals surface area contributed by atoms with Crippen molar-refractivity contribution in [1.82, 2.24) is 19.5 Å². The van der Waals surface area contributed by atoms with E-state index in [1.54, 1.807) is 0 Å².